The van der Waals surface area contributed by atoms with Crippen molar-refractivity contribution >= 4 is 33.4 Å². The van der Waals surface area contributed by atoms with Crippen LogP contribution in [0, 0.1) is 0 Å². The number of halogens is 1. The molecule has 0 amide bonds. The molecule has 112 valence electrons. The Kier molecular flexibility index (Phi) is 5.43. The first kappa shape index (κ1) is 16.2. The second-order valence-electron chi connectivity index (χ2n) is 6.34. The van der Waals surface area contributed by atoms with Crippen LogP contribution in [0.1, 0.15) is 33.3 Å². The minimum atomic E-state index is 0.341. The van der Waals surface area contributed by atoms with Crippen molar-refractivity contribution in [3.05, 3.63) is 28.2 Å². The lowest BCUT2D eigenvalue weighted by atomic mass is 10.1. The fraction of sp³-hybridized carbons (Fsp3) is 0.625. The van der Waals surface area contributed by atoms with E-state index < -0.39 is 0 Å². The first-order chi connectivity index (χ1) is 9.37. The molecule has 1 fully saturated rings. The SMILES string of the molecule is CC(C)NCc1cc(Br)ccc1N1CCSC(C)(C)C1. The van der Waals surface area contributed by atoms with Crippen molar-refractivity contribution in [2.45, 2.75) is 45.0 Å². The lowest BCUT2D eigenvalue weighted by molar-refractivity contribution is 0.585. The predicted molar refractivity (Wildman–Crippen MR) is 94.9 cm³/mol. The van der Waals surface area contributed by atoms with E-state index in [1.807, 2.05) is 0 Å². The number of hydrogen-bond acceptors (Lipinski definition) is 3. The maximum absolute atomic E-state index is 3.60. The van der Waals surface area contributed by atoms with E-state index >= 15 is 0 Å². The van der Waals surface area contributed by atoms with Crippen LogP contribution in [-0.4, -0.2) is 29.6 Å². The van der Waals surface area contributed by atoms with Gasteiger partial charge in [0.1, 0.15) is 0 Å². The molecule has 20 heavy (non-hydrogen) atoms. The Bertz CT molecular complexity index is 460. The quantitative estimate of drug-likeness (QED) is 0.866. The van der Waals surface area contributed by atoms with E-state index in [0.717, 1.165) is 24.1 Å². The van der Waals surface area contributed by atoms with Crippen LogP contribution in [0.2, 0.25) is 0 Å². The van der Waals surface area contributed by atoms with E-state index in [1.165, 1.54) is 17.0 Å². The van der Waals surface area contributed by atoms with Crippen LogP contribution in [0.3, 0.4) is 0 Å². The third kappa shape index (κ3) is 4.40. The zero-order valence-corrected chi connectivity index (χ0v) is 15.3. The molecular formula is C16H25BrN2S. The van der Waals surface area contributed by atoms with Crippen LogP contribution in [-0.2, 0) is 6.54 Å². The molecule has 0 spiro atoms. The standard InChI is InChI=1S/C16H25BrN2S/c1-12(2)18-10-13-9-14(17)5-6-15(13)19-7-8-20-16(3,4)11-19/h5-6,9,12,18H,7-8,10-11H2,1-4H3. The van der Waals surface area contributed by atoms with Gasteiger partial charge in [0.05, 0.1) is 0 Å². The molecule has 0 saturated carbocycles. The van der Waals surface area contributed by atoms with Crippen molar-refractivity contribution in [2.24, 2.45) is 0 Å². The summed E-state index contributed by atoms with van der Waals surface area (Å²) in [6.07, 6.45) is 0. The fourth-order valence-corrected chi connectivity index (χ4v) is 4.06. The van der Waals surface area contributed by atoms with Crippen LogP contribution in [0.25, 0.3) is 0 Å². The zero-order chi connectivity index (χ0) is 14.8. The summed E-state index contributed by atoms with van der Waals surface area (Å²) in [5.41, 5.74) is 2.77. The van der Waals surface area contributed by atoms with E-state index in [9.17, 15) is 0 Å². The summed E-state index contributed by atoms with van der Waals surface area (Å²) in [4.78, 5) is 2.54. The summed E-state index contributed by atoms with van der Waals surface area (Å²) in [5, 5.41) is 3.54. The molecule has 2 nitrogen and oxygen atoms in total. The maximum Gasteiger partial charge on any atom is 0.0413 e. The highest BCUT2D eigenvalue weighted by molar-refractivity contribution is 9.10. The summed E-state index contributed by atoms with van der Waals surface area (Å²) >= 11 is 5.68. The van der Waals surface area contributed by atoms with Gasteiger partial charge in [-0.3, -0.25) is 0 Å². The topological polar surface area (TPSA) is 15.3 Å². The maximum atomic E-state index is 3.60. The summed E-state index contributed by atoms with van der Waals surface area (Å²) in [6, 6.07) is 7.17. The third-order valence-electron chi connectivity index (χ3n) is 3.51. The average molecular weight is 357 g/mol. The Hall–Kier alpha value is -0.190. The number of benzene rings is 1. The molecule has 1 heterocycles. The summed E-state index contributed by atoms with van der Waals surface area (Å²) in [6.45, 7) is 12.3. The highest BCUT2D eigenvalue weighted by Gasteiger charge is 2.28. The van der Waals surface area contributed by atoms with Crippen molar-refractivity contribution in [1.29, 1.82) is 0 Å². The van der Waals surface area contributed by atoms with Gasteiger partial charge >= 0.3 is 0 Å². The van der Waals surface area contributed by atoms with Crippen molar-refractivity contribution in [1.82, 2.24) is 5.32 Å². The molecule has 0 radical (unpaired) electrons. The Balaban J connectivity index is 2.21. The lowest BCUT2D eigenvalue weighted by Crippen LogP contribution is -2.43. The van der Waals surface area contributed by atoms with Crippen molar-refractivity contribution in [3.63, 3.8) is 0 Å². The first-order valence-electron chi connectivity index (χ1n) is 7.28. The van der Waals surface area contributed by atoms with Crippen LogP contribution < -0.4 is 10.2 Å². The number of nitrogens with one attached hydrogen (secondary N) is 1. The van der Waals surface area contributed by atoms with Gasteiger partial charge in [-0.2, -0.15) is 11.8 Å². The summed E-state index contributed by atoms with van der Waals surface area (Å²) in [5.74, 6) is 1.21. The smallest absolute Gasteiger partial charge is 0.0413 e. The van der Waals surface area contributed by atoms with Gasteiger partial charge in [0, 0.05) is 46.3 Å². The molecule has 1 aromatic carbocycles. The van der Waals surface area contributed by atoms with Gasteiger partial charge in [-0.1, -0.05) is 29.8 Å². The van der Waals surface area contributed by atoms with E-state index in [-0.39, 0.29) is 0 Å². The largest absolute Gasteiger partial charge is 0.369 e. The van der Waals surface area contributed by atoms with Crippen LogP contribution in [0.5, 0.6) is 0 Å². The van der Waals surface area contributed by atoms with E-state index in [1.54, 1.807) is 0 Å². The monoisotopic (exact) mass is 356 g/mol. The van der Waals surface area contributed by atoms with Gasteiger partial charge in [0.25, 0.3) is 0 Å². The van der Waals surface area contributed by atoms with Crippen molar-refractivity contribution in [3.8, 4) is 0 Å². The minimum Gasteiger partial charge on any atom is -0.369 e. The van der Waals surface area contributed by atoms with E-state index in [4.69, 9.17) is 0 Å². The molecule has 0 aliphatic carbocycles. The van der Waals surface area contributed by atoms with Gasteiger partial charge in [0.2, 0.25) is 0 Å². The van der Waals surface area contributed by atoms with Crippen LogP contribution in [0.15, 0.2) is 22.7 Å². The van der Waals surface area contributed by atoms with Crippen LogP contribution >= 0.6 is 27.7 Å². The fourth-order valence-electron chi connectivity index (χ4n) is 2.54. The molecule has 0 unspecified atom stereocenters. The summed E-state index contributed by atoms with van der Waals surface area (Å²) < 4.78 is 1.50. The highest BCUT2D eigenvalue weighted by Crippen LogP contribution is 2.34. The third-order valence-corrected chi connectivity index (χ3v) is 5.30. The summed E-state index contributed by atoms with van der Waals surface area (Å²) in [7, 11) is 0. The molecule has 0 aromatic heterocycles. The Morgan fingerprint density at radius 2 is 2.15 bits per heavy atom. The van der Waals surface area contributed by atoms with Gasteiger partial charge in [-0.15, -0.1) is 0 Å². The highest BCUT2D eigenvalue weighted by atomic mass is 79.9. The van der Waals surface area contributed by atoms with Gasteiger partial charge in [-0.25, -0.2) is 0 Å². The molecule has 1 aliphatic heterocycles. The van der Waals surface area contributed by atoms with E-state index in [2.05, 4.69) is 83.8 Å². The molecule has 4 heteroatoms. The molecule has 1 saturated heterocycles. The Morgan fingerprint density at radius 1 is 1.40 bits per heavy atom. The van der Waals surface area contributed by atoms with Crippen LogP contribution in [0.4, 0.5) is 5.69 Å². The van der Waals surface area contributed by atoms with Gasteiger partial charge in [0.15, 0.2) is 0 Å². The number of nitrogens with zero attached hydrogens (tertiary/aromatic N) is 1. The number of hydrogen-bond donors (Lipinski definition) is 1. The molecule has 1 aromatic rings. The second kappa shape index (κ2) is 6.71. The molecule has 1 N–H and O–H groups in total. The lowest BCUT2D eigenvalue weighted by Gasteiger charge is -2.40. The molecule has 2 rings (SSSR count). The second-order valence-corrected chi connectivity index (χ2v) is 9.06. The Morgan fingerprint density at radius 3 is 2.80 bits per heavy atom. The molecule has 0 bridgehead atoms. The van der Waals surface area contributed by atoms with Crippen molar-refractivity contribution < 1.29 is 0 Å². The molecule has 1 aliphatic rings. The van der Waals surface area contributed by atoms with E-state index in [0.29, 0.717) is 10.8 Å². The zero-order valence-electron chi connectivity index (χ0n) is 12.9. The van der Waals surface area contributed by atoms with Crippen molar-refractivity contribution in [2.75, 3.05) is 23.7 Å². The molecule has 0 atom stereocenters. The van der Waals surface area contributed by atoms with Gasteiger partial charge < -0.3 is 10.2 Å². The number of thioether (sulfide) groups is 1. The van der Waals surface area contributed by atoms with Gasteiger partial charge in [-0.05, 0) is 37.6 Å². The first-order valence-corrected chi connectivity index (χ1v) is 9.06. The molecular weight excluding hydrogens is 332 g/mol. The average Bonchev–Trinajstić information content (AvgIpc) is 2.35. The predicted octanol–water partition coefficient (Wildman–Crippen LogP) is 4.28. The number of anilines is 1. The minimum absolute atomic E-state index is 0.341. The normalized spacial score (nSPS) is 18.6. The Labute approximate surface area is 135 Å². The number of rotatable bonds is 4.